The summed E-state index contributed by atoms with van der Waals surface area (Å²) in [5.74, 6) is -0.297. The van der Waals surface area contributed by atoms with Crippen LogP contribution in [0.5, 0.6) is 0 Å². The zero-order valence-corrected chi connectivity index (χ0v) is 8.20. The van der Waals surface area contributed by atoms with E-state index in [2.05, 4.69) is 0 Å². The maximum Gasteiger partial charge on any atom is 0.0946 e. The van der Waals surface area contributed by atoms with E-state index in [9.17, 15) is 13.0 Å². The standard InChI is InChI=1S/C7H13N2O3S/c1-8-4-5-9(7-8)3-2-6-13(10,11)12/h4-5,7H,2-3,6H2,1H3,(H,10,11,12)/p-1. The first kappa shape index (κ1) is 10.9. The van der Waals surface area contributed by atoms with Gasteiger partial charge in [0.05, 0.1) is 16.8 Å². The van der Waals surface area contributed by atoms with Gasteiger partial charge in [-0.2, -0.15) is 0 Å². The Balaban J connectivity index is 2.14. The third-order valence-electron chi connectivity index (χ3n) is 1.63. The fourth-order valence-electron chi connectivity index (χ4n) is 1.06. The molecule has 0 N–H and O–H groups in total. The summed E-state index contributed by atoms with van der Waals surface area (Å²) in [5, 5.41) is 0. The molecule has 3 radical (unpaired) electrons. The first-order valence-corrected chi connectivity index (χ1v) is 5.50. The van der Waals surface area contributed by atoms with Crippen molar-refractivity contribution < 1.29 is 13.0 Å². The summed E-state index contributed by atoms with van der Waals surface area (Å²) < 4.78 is 30.8. The molecule has 1 saturated heterocycles. The summed E-state index contributed by atoms with van der Waals surface area (Å²) in [4.78, 5) is 3.69. The molecule has 0 bridgehead atoms. The van der Waals surface area contributed by atoms with E-state index in [1.54, 1.807) is 0 Å². The highest BCUT2D eigenvalue weighted by Gasteiger charge is 2.17. The SMILES string of the molecule is CN1[CH][CH]N(CCCS(=O)(=O)[O-])[CH]1. The van der Waals surface area contributed by atoms with Crippen LogP contribution < -0.4 is 0 Å². The van der Waals surface area contributed by atoms with Crippen molar-refractivity contribution in [3.05, 3.63) is 19.8 Å². The first-order valence-electron chi connectivity index (χ1n) is 3.92. The van der Waals surface area contributed by atoms with Crippen molar-refractivity contribution in [2.24, 2.45) is 0 Å². The van der Waals surface area contributed by atoms with Gasteiger partial charge < -0.3 is 4.55 Å². The van der Waals surface area contributed by atoms with Gasteiger partial charge in [-0.1, -0.05) is 0 Å². The van der Waals surface area contributed by atoms with Crippen LogP contribution in [-0.2, 0) is 10.1 Å². The normalized spacial score (nSPS) is 21.1. The Bertz CT molecular complexity index is 252. The lowest BCUT2D eigenvalue weighted by molar-refractivity contribution is 0.376. The molecule has 0 atom stereocenters. The van der Waals surface area contributed by atoms with Crippen molar-refractivity contribution in [3.8, 4) is 0 Å². The zero-order valence-electron chi connectivity index (χ0n) is 7.38. The van der Waals surface area contributed by atoms with E-state index in [1.807, 2.05) is 36.6 Å². The minimum absolute atomic E-state index is 0.297. The second-order valence-electron chi connectivity index (χ2n) is 2.93. The summed E-state index contributed by atoms with van der Waals surface area (Å²) in [5.41, 5.74) is 0. The fourth-order valence-corrected chi connectivity index (χ4v) is 1.54. The molecule has 0 aromatic carbocycles. The van der Waals surface area contributed by atoms with Crippen molar-refractivity contribution in [1.29, 1.82) is 0 Å². The van der Waals surface area contributed by atoms with E-state index < -0.39 is 10.1 Å². The average Bonchev–Trinajstić information content (AvgIpc) is 2.33. The van der Waals surface area contributed by atoms with Crippen molar-refractivity contribution in [1.82, 2.24) is 9.80 Å². The molecule has 75 valence electrons. The molecule has 6 heteroatoms. The Labute approximate surface area is 79.1 Å². The monoisotopic (exact) mass is 204 g/mol. The molecule has 5 nitrogen and oxygen atoms in total. The van der Waals surface area contributed by atoms with Crippen LogP contribution in [0.1, 0.15) is 6.42 Å². The summed E-state index contributed by atoms with van der Waals surface area (Å²) in [6, 6.07) is 0. The summed E-state index contributed by atoms with van der Waals surface area (Å²) in [6.07, 6.45) is 0.362. The van der Waals surface area contributed by atoms with Crippen molar-refractivity contribution in [3.63, 3.8) is 0 Å². The van der Waals surface area contributed by atoms with Gasteiger partial charge in [0, 0.05) is 25.4 Å². The molecule has 0 aromatic heterocycles. The van der Waals surface area contributed by atoms with E-state index >= 15 is 0 Å². The molecule has 13 heavy (non-hydrogen) atoms. The maximum absolute atomic E-state index is 10.3. The molecule has 0 spiro atoms. The Kier molecular flexibility index (Phi) is 3.66. The summed E-state index contributed by atoms with van der Waals surface area (Å²) in [7, 11) is -2.18. The number of nitrogens with zero attached hydrogens (tertiary/aromatic N) is 2. The van der Waals surface area contributed by atoms with E-state index in [-0.39, 0.29) is 5.75 Å². The van der Waals surface area contributed by atoms with Crippen LogP contribution in [0.2, 0.25) is 0 Å². The third kappa shape index (κ3) is 4.56. The van der Waals surface area contributed by atoms with Crippen molar-refractivity contribution in [2.45, 2.75) is 6.42 Å². The highest BCUT2D eigenvalue weighted by atomic mass is 32.2. The molecule has 1 rings (SSSR count). The molecule has 1 aliphatic rings. The zero-order chi connectivity index (χ0) is 9.90. The van der Waals surface area contributed by atoms with Crippen LogP contribution in [0, 0.1) is 19.8 Å². The van der Waals surface area contributed by atoms with E-state index in [0.717, 1.165) is 0 Å². The second kappa shape index (κ2) is 4.36. The van der Waals surface area contributed by atoms with Gasteiger partial charge in [0.1, 0.15) is 0 Å². The van der Waals surface area contributed by atoms with Crippen LogP contribution in [0.3, 0.4) is 0 Å². The van der Waals surface area contributed by atoms with Gasteiger partial charge in [-0.3, -0.25) is 9.80 Å². The number of likely N-dealkylation sites (N-methyl/N-ethyl adjacent to an activating group) is 1. The van der Waals surface area contributed by atoms with Gasteiger partial charge in [-0.15, -0.1) is 0 Å². The number of hydrogen-bond donors (Lipinski definition) is 0. The van der Waals surface area contributed by atoms with Crippen LogP contribution >= 0.6 is 0 Å². The maximum atomic E-state index is 10.3. The highest BCUT2D eigenvalue weighted by molar-refractivity contribution is 7.85. The molecule has 0 amide bonds. The Hall–Kier alpha value is -0.170. The topological polar surface area (TPSA) is 63.7 Å². The van der Waals surface area contributed by atoms with E-state index in [0.29, 0.717) is 13.0 Å². The molecule has 0 saturated carbocycles. The summed E-state index contributed by atoms with van der Waals surface area (Å²) in [6.45, 7) is 6.07. The molecule has 1 heterocycles. The Morgan fingerprint density at radius 2 is 2.08 bits per heavy atom. The quantitative estimate of drug-likeness (QED) is 0.584. The van der Waals surface area contributed by atoms with Crippen LogP contribution in [0.4, 0.5) is 0 Å². The highest BCUT2D eigenvalue weighted by Crippen LogP contribution is 2.14. The van der Waals surface area contributed by atoms with Crippen molar-refractivity contribution in [2.75, 3.05) is 19.3 Å². The van der Waals surface area contributed by atoms with Gasteiger partial charge in [0.2, 0.25) is 0 Å². The van der Waals surface area contributed by atoms with Crippen LogP contribution in [0.15, 0.2) is 0 Å². The predicted molar refractivity (Wildman–Crippen MR) is 46.6 cm³/mol. The van der Waals surface area contributed by atoms with Gasteiger partial charge in [0.25, 0.3) is 0 Å². The second-order valence-corrected chi connectivity index (χ2v) is 4.46. The Morgan fingerprint density at radius 3 is 2.54 bits per heavy atom. The van der Waals surface area contributed by atoms with E-state index in [4.69, 9.17) is 0 Å². The summed E-state index contributed by atoms with van der Waals surface area (Å²) >= 11 is 0. The largest absolute Gasteiger partial charge is 0.748 e. The smallest absolute Gasteiger partial charge is 0.0946 e. The van der Waals surface area contributed by atoms with E-state index in [1.165, 1.54) is 0 Å². The molecule has 1 fully saturated rings. The van der Waals surface area contributed by atoms with Crippen molar-refractivity contribution >= 4 is 10.1 Å². The predicted octanol–water partition coefficient (Wildman–Crippen LogP) is -0.388. The van der Waals surface area contributed by atoms with Crippen LogP contribution in [0.25, 0.3) is 0 Å². The molecule has 1 aliphatic heterocycles. The fraction of sp³-hybridized carbons (Fsp3) is 0.571. The average molecular weight is 204 g/mol. The molecule has 0 unspecified atom stereocenters. The molecular formula is C7H12N2O3S-. The lowest BCUT2D eigenvalue weighted by atomic mass is 10.4. The number of rotatable bonds is 4. The molecular weight excluding hydrogens is 192 g/mol. The van der Waals surface area contributed by atoms with Gasteiger partial charge in [-0.05, 0) is 13.5 Å². The van der Waals surface area contributed by atoms with Crippen LogP contribution in [-0.4, -0.2) is 42.1 Å². The lowest BCUT2D eigenvalue weighted by Gasteiger charge is -2.14. The minimum Gasteiger partial charge on any atom is -0.748 e. The minimum atomic E-state index is -4.06. The van der Waals surface area contributed by atoms with Gasteiger partial charge in [-0.25, -0.2) is 8.42 Å². The van der Waals surface area contributed by atoms with Gasteiger partial charge >= 0.3 is 0 Å². The lowest BCUT2D eigenvalue weighted by Crippen LogP contribution is -2.19. The number of hydrogen-bond acceptors (Lipinski definition) is 5. The molecule has 0 aliphatic carbocycles. The Morgan fingerprint density at radius 1 is 1.38 bits per heavy atom. The van der Waals surface area contributed by atoms with Gasteiger partial charge in [0.15, 0.2) is 0 Å². The molecule has 0 aromatic rings. The third-order valence-corrected chi connectivity index (χ3v) is 2.42. The first-order chi connectivity index (χ1) is 5.97.